The Balaban J connectivity index is 1.62. The highest BCUT2D eigenvalue weighted by Gasteiger charge is 2.53. The van der Waals surface area contributed by atoms with Crippen molar-refractivity contribution < 1.29 is 13.7 Å². The number of furan rings is 1. The molecular weight excluding hydrogens is 419 g/mol. The Morgan fingerprint density at radius 3 is 2.00 bits per heavy atom. The van der Waals surface area contributed by atoms with Gasteiger partial charge in [0.05, 0.1) is 11.2 Å². The summed E-state index contributed by atoms with van der Waals surface area (Å²) < 4.78 is 19.4. The maximum atomic E-state index is 6.59. The van der Waals surface area contributed by atoms with Gasteiger partial charge in [-0.1, -0.05) is 72.8 Å². The highest BCUT2D eigenvalue weighted by atomic mass is 16.7. The Hall–Kier alpha value is -3.34. The van der Waals surface area contributed by atoms with Crippen LogP contribution in [0.15, 0.2) is 95.4 Å². The van der Waals surface area contributed by atoms with Crippen molar-refractivity contribution in [2.75, 3.05) is 0 Å². The Morgan fingerprint density at radius 1 is 0.588 bits per heavy atom. The fourth-order valence-electron chi connectivity index (χ4n) is 4.80. The fourth-order valence-corrected chi connectivity index (χ4v) is 4.80. The molecule has 34 heavy (non-hydrogen) atoms. The van der Waals surface area contributed by atoms with Crippen LogP contribution in [-0.2, 0) is 9.31 Å². The number of rotatable bonds is 3. The molecule has 5 aromatic rings. The van der Waals surface area contributed by atoms with Crippen LogP contribution in [0.2, 0.25) is 0 Å². The Bertz CT molecular complexity index is 1500. The zero-order valence-electron chi connectivity index (χ0n) is 20.0. The van der Waals surface area contributed by atoms with Crippen molar-refractivity contribution in [1.82, 2.24) is 0 Å². The van der Waals surface area contributed by atoms with Gasteiger partial charge in [-0.05, 0) is 68.1 Å². The number of benzene rings is 4. The van der Waals surface area contributed by atoms with E-state index in [1.54, 1.807) is 0 Å². The first-order valence-corrected chi connectivity index (χ1v) is 11.8. The van der Waals surface area contributed by atoms with Crippen molar-refractivity contribution in [2.45, 2.75) is 38.9 Å². The molecular formula is C30H27BO3. The molecule has 4 heteroatoms. The van der Waals surface area contributed by atoms with Gasteiger partial charge in [0.15, 0.2) is 0 Å². The predicted molar refractivity (Wildman–Crippen MR) is 140 cm³/mol. The van der Waals surface area contributed by atoms with Crippen LogP contribution < -0.4 is 5.46 Å². The van der Waals surface area contributed by atoms with Crippen molar-refractivity contribution >= 4 is 34.5 Å². The second-order valence-electron chi connectivity index (χ2n) is 10.0. The Kier molecular flexibility index (Phi) is 4.74. The van der Waals surface area contributed by atoms with E-state index in [0.29, 0.717) is 0 Å². The number of para-hydroxylation sites is 1. The van der Waals surface area contributed by atoms with Gasteiger partial charge < -0.3 is 13.7 Å². The van der Waals surface area contributed by atoms with E-state index in [0.717, 1.165) is 38.5 Å². The maximum Gasteiger partial charge on any atom is 0.496 e. The Morgan fingerprint density at radius 2 is 1.24 bits per heavy atom. The third-order valence-corrected chi connectivity index (χ3v) is 7.35. The summed E-state index contributed by atoms with van der Waals surface area (Å²) in [5, 5.41) is 2.12. The lowest BCUT2D eigenvalue weighted by molar-refractivity contribution is 0.00578. The van der Waals surface area contributed by atoms with Crippen LogP contribution in [0.4, 0.5) is 0 Å². The number of hydrogen-bond acceptors (Lipinski definition) is 3. The first kappa shape index (κ1) is 21.2. The summed E-state index contributed by atoms with van der Waals surface area (Å²) in [4.78, 5) is 0. The normalized spacial score (nSPS) is 17.0. The Labute approximate surface area is 200 Å². The molecule has 1 fully saturated rings. The van der Waals surface area contributed by atoms with E-state index in [1.807, 2.05) is 24.3 Å². The fraction of sp³-hybridized carbons (Fsp3) is 0.200. The lowest BCUT2D eigenvalue weighted by Gasteiger charge is -2.32. The first-order chi connectivity index (χ1) is 16.3. The molecule has 0 bridgehead atoms. The third kappa shape index (κ3) is 3.29. The summed E-state index contributed by atoms with van der Waals surface area (Å²) in [6.45, 7) is 8.37. The van der Waals surface area contributed by atoms with E-state index < -0.39 is 18.3 Å². The summed E-state index contributed by atoms with van der Waals surface area (Å²) in [6, 6.07) is 31.5. The molecule has 0 atom stereocenters. The summed E-state index contributed by atoms with van der Waals surface area (Å²) in [5.74, 6) is 0. The van der Waals surface area contributed by atoms with Crippen LogP contribution in [0.5, 0.6) is 0 Å². The zero-order valence-corrected chi connectivity index (χ0v) is 20.0. The van der Waals surface area contributed by atoms with Crippen molar-refractivity contribution in [3.63, 3.8) is 0 Å². The van der Waals surface area contributed by atoms with Crippen LogP contribution in [0.1, 0.15) is 27.7 Å². The maximum absolute atomic E-state index is 6.59. The van der Waals surface area contributed by atoms with E-state index in [2.05, 4.69) is 94.4 Å². The lowest BCUT2D eigenvalue weighted by Crippen LogP contribution is -2.41. The van der Waals surface area contributed by atoms with Crippen LogP contribution in [0, 0.1) is 0 Å². The van der Waals surface area contributed by atoms with Crippen molar-refractivity contribution in [3.05, 3.63) is 91.0 Å². The van der Waals surface area contributed by atoms with Gasteiger partial charge in [-0.2, -0.15) is 0 Å². The standard InChI is InChI=1S/C30H27BO3/c1-29(2)30(3,4)34-31(33-29)28-23(17-18-26-27(28)24-15-8-9-16-25(24)32-26)22-14-10-13-21(19-22)20-11-6-5-7-12-20/h5-19H,1-4H3. The first-order valence-electron chi connectivity index (χ1n) is 11.8. The average molecular weight is 446 g/mol. The molecule has 0 spiro atoms. The lowest BCUT2D eigenvalue weighted by atomic mass is 9.72. The van der Waals surface area contributed by atoms with Gasteiger partial charge in [-0.15, -0.1) is 0 Å². The molecule has 1 aliphatic heterocycles. The molecule has 0 saturated carbocycles. The number of fused-ring (bicyclic) bond motifs is 3. The highest BCUT2D eigenvalue weighted by Crippen LogP contribution is 2.40. The smallest absolute Gasteiger partial charge is 0.456 e. The van der Waals surface area contributed by atoms with Gasteiger partial charge in [-0.3, -0.25) is 0 Å². The SMILES string of the molecule is CC1(C)OB(c2c(-c3cccc(-c4ccccc4)c3)ccc3oc4ccccc4c23)OC1(C)C. The molecule has 1 saturated heterocycles. The summed E-state index contributed by atoms with van der Waals surface area (Å²) in [5.41, 5.74) is 6.43. The minimum Gasteiger partial charge on any atom is -0.456 e. The van der Waals surface area contributed by atoms with Crippen molar-refractivity contribution in [3.8, 4) is 22.3 Å². The molecule has 6 rings (SSSR count). The second kappa shape index (κ2) is 7.59. The van der Waals surface area contributed by atoms with Gasteiger partial charge in [0.25, 0.3) is 0 Å². The van der Waals surface area contributed by atoms with Crippen molar-refractivity contribution in [2.24, 2.45) is 0 Å². The van der Waals surface area contributed by atoms with E-state index in [9.17, 15) is 0 Å². The zero-order chi connectivity index (χ0) is 23.5. The van der Waals surface area contributed by atoms with Crippen LogP contribution in [-0.4, -0.2) is 18.3 Å². The van der Waals surface area contributed by atoms with E-state index in [4.69, 9.17) is 13.7 Å². The molecule has 0 amide bonds. The van der Waals surface area contributed by atoms with E-state index in [1.165, 1.54) is 11.1 Å². The van der Waals surface area contributed by atoms with Gasteiger partial charge in [0.2, 0.25) is 0 Å². The van der Waals surface area contributed by atoms with Crippen molar-refractivity contribution in [1.29, 1.82) is 0 Å². The van der Waals surface area contributed by atoms with Crippen LogP contribution in [0.3, 0.4) is 0 Å². The van der Waals surface area contributed by atoms with Gasteiger partial charge >= 0.3 is 7.12 Å². The monoisotopic (exact) mass is 446 g/mol. The van der Waals surface area contributed by atoms with Crippen LogP contribution in [0.25, 0.3) is 44.2 Å². The second-order valence-corrected chi connectivity index (χ2v) is 10.0. The molecule has 1 aromatic heterocycles. The third-order valence-electron chi connectivity index (χ3n) is 7.35. The molecule has 1 aliphatic rings. The summed E-state index contributed by atoms with van der Waals surface area (Å²) >= 11 is 0. The predicted octanol–water partition coefficient (Wildman–Crippen LogP) is 7.22. The van der Waals surface area contributed by atoms with E-state index >= 15 is 0 Å². The van der Waals surface area contributed by atoms with Crippen LogP contribution >= 0.6 is 0 Å². The largest absolute Gasteiger partial charge is 0.496 e. The molecule has 0 unspecified atom stereocenters. The van der Waals surface area contributed by atoms with E-state index in [-0.39, 0.29) is 0 Å². The van der Waals surface area contributed by atoms with Gasteiger partial charge in [-0.25, -0.2) is 0 Å². The van der Waals surface area contributed by atoms with Gasteiger partial charge in [0, 0.05) is 16.2 Å². The molecule has 168 valence electrons. The molecule has 3 nitrogen and oxygen atoms in total. The topological polar surface area (TPSA) is 31.6 Å². The molecule has 0 N–H and O–H groups in total. The molecule has 0 radical (unpaired) electrons. The summed E-state index contributed by atoms with van der Waals surface area (Å²) in [6.07, 6.45) is 0. The highest BCUT2D eigenvalue weighted by molar-refractivity contribution is 6.67. The summed E-state index contributed by atoms with van der Waals surface area (Å²) in [7, 11) is -0.509. The minimum absolute atomic E-state index is 0.442. The van der Waals surface area contributed by atoms with Gasteiger partial charge in [0.1, 0.15) is 11.2 Å². The molecule has 2 heterocycles. The minimum atomic E-state index is -0.509. The molecule has 0 aliphatic carbocycles. The molecule has 4 aromatic carbocycles. The average Bonchev–Trinajstić information content (AvgIpc) is 3.32. The number of hydrogen-bond donors (Lipinski definition) is 0. The quantitative estimate of drug-likeness (QED) is 0.274.